The van der Waals surface area contributed by atoms with Gasteiger partial charge in [0.2, 0.25) is 0 Å². The maximum Gasteiger partial charge on any atom is 0.251 e. The number of amides is 1. The molecule has 2 saturated carbocycles. The minimum Gasteiger partial charge on any atom is -0.381 e. The molecule has 4 atom stereocenters. The standard InChI is InChI=1S/C13H23NO2/c1-8(14-12(15)13(2,3)16)11-7-9-4-5-10(11)6-9/h8-11,16H,4-7H2,1-3H3,(H,14,15). The van der Waals surface area contributed by atoms with Crippen LogP contribution in [0.2, 0.25) is 0 Å². The second-order valence-electron chi connectivity index (χ2n) is 6.16. The predicted molar refractivity (Wildman–Crippen MR) is 62.8 cm³/mol. The molecule has 16 heavy (non-hydrogen) atoms. The van der Waals surface area contributed by atoms with E-state index in [1.807, 2.05) is 0 Å². The Kier molecular flexibility index (Phi) is 2.99. The van der Waals surface area contributed by atoms with Gasteiger partial charge in [-0.3, -0.25) is 4.79 Å². The highest BCUT2D eigenvalue weighted by Gasteiger charge is 2.42. The largest absolute Gasteiger partial charge is 0.381 e. The summed E-state index contributed by atoms with van der Waals surface area (Å²) in [6.45, 7) is 5.15. The number of aliphatic hydroxyl groups is 1. The monoisotopic (exact) mass is 225 g/mol. The fourth-order valence-electron chi connectivity index (χ4n) is 3.40. The molecule has 0 heterocycles. The van der Waals surface area contributed by atoms with Gasteiger partial charge in [0, 0.05) is 6.04 Å². The summed E-state index contributed by atoms with van der Waals surface area (Å²) in [7, 11) is 0. The van der Waals surface area contributed by atoms with Crippen LogP contribution in [0.15, 0.2) is 0 Å². The second-order valence-corrected chi connectivity index (χ2v) is 6.16. The summed E-state index contributed by atoms with van der Waals surface area (Å²) < 4.78 is 0. The molecule has 3 nitrogen and oxygen atoms in total. The fourth-order valence-corrected chi connectivity index (χ4v) is 3.40. The van der Waals surface area contributed by atoms with Gasteiger partial charge in [-0.1, -0.05) is 6.42 Å². The third kappa shape index (κ3) is 2.24. The molecule has 2 bridgehead atoms. The molecule has 2 rings (SSSR count). The first-order valence-corrected chi connectivity index (χ1v) is 6.41. The van der Waals surface area contributed by atoms with Gasteiger partial charge in [0.05, 0.1) is 0 Å². The molecule has 0 saturated heterocycles. The van der Waals surface area contributed by atoms with Crippen LogP contribution in [0.4, 0.5) is 0 Å². The van der Waals surface area contributed by atoms with Gasteiger partial charge in [-0.25, -0.2) is 0 Å². The van der Waals surface area contributed by atoms with E-state index in [1.54, 1.807) is 0 Å². The third-order valence-corrected chi connectivity index (χ3v) is 4.35. The van der Waals surface area contributed by atoms with Crippen molar-refractivity contribution in [3.05, 3.63) is 0 Å². The van der Waals surface area contributed by atoms with Gasteiger partial charge in [0.1, 0.15) is 5.60 Å². The summed E-state index contributed by atoms with van der Waals surface area (Å²) in [6, 6.07) is 0.203. The molecular weight excluding hydrogens is 202 g/mol. The van der Waals surface area contributed by atoms with Crippen LogP contribution in [0.1, 0.15) is 46.5 Å². The van der Waals surface area contributed by atoms with Crippen LogP contribution in [0, 0.1) is 17.8 Å². The summed E-state index contributed by atoms with van der Waals surface area (Å²) in [5.74, 6) is 2.09. The lowest BCUT2D eigenvalue weighted by atomic mass is 9.84. The molecule has 2 fully saturated rings. The predicted octanol–water partition coefficient (Wildman–Crippen LogP) is 1.70. The van der Waals surface area contributed by atoms with E-state index in [9.17, 15) is 9.90 Å². The summed E-state index contributed by atoms with van der Waals surface area (Å²) >= 11 is 0. The van der Waals surface area contributed by atoms with E-state index in [0.29, 0.717) is 5.92 Å². The van der Waals surface area contributed by atoms with Crippen LogP contribution in [0.25, 0.3) is 0 Å². The molecule has 0 aliphatic heterocycles. The van der Waals surface area contributed by atoms with Crippen molar-refractivity contribution < 1.29 is 9.90 Å². The smallest absolute Gasteiger partial charge is 0.251 e. The molecule has 1 amide bonds. The molecule has 0 aromatic heterocycles. The Balaban J connectivity index is 1.89. The topological polar surface area (TPSA) is 49.3 Å². The molecule has 2 N–H and O–H groups in total. The first-order chi connectivity index (χ1) is 7.38. The lowest BCUT2D eigenvalue weighted by molar-refractivity contribution is -0.137. The zero-order valence-corrected chi connectivity index (χ0v) is 10.5. The summed E-state index contributed by atoms with van der Waals surface area (Å²) in [5.41, 5.74) is -1.26. The summed E-state index contributed by atoms with van der Waals surface area (Å²) in [4.78, 5) is 11.7. The number of carbonyl (C=O) groups is 1. The van der Waals surface area contributed by atoms with Gasteiger partial charge in [0.25, 0.3) is 5.91 Å². The van der Waals surface area contributed by atoms with E-state index in [0.717, 1.165) is 11.8 Å². The Bertz CT molecular complexity index is 282. The van der Waals surface area contributed by atoms with E-state index in [4.69, 9.17) is 0 Å². The fraction of sp³-hybridized carbons (Fsp3) is 0.923. The number of nitrogens with one attached hydrogen (secondary N) is 1. The molecule has 2 aliphatic carbocycles. The van der Waals surface area contributed by atoms with Gasteiger partial charge in [-0.2, -0.15) is 0 Å². The maximum atomic E-state index is 11.7. The Labute approximate surface area is 97.6 Å². The van der Waals surface area contributed by atoms with Crippen LogP contribution in [-0.4, -0.2) is 22.7 Å². The van der Waals surface area contributed by atoms with Gasteiger partial charge in [0.15, 0.2) is 0 Å². The Morgan fingerprint density at radius 3 is 2.50 bits per heavy atom. The van der Waals surface area contributed by atoms with E-state index in [2.05, 4.69) is 12.2 Å². The van der Waals surface area contributed by atoms with Gasteiger partial charge in [-0.05, 0) is 57.8 Å². The zero-order chi connectivity index (χ0) is 11.9. The molecule has 3 heteroatoms. The first kappa shape index (κ1) is 11.9. The molecule has 2 aliphatic rings. The van der Waals surface area contributed by atoms with Crippen LogP contribution in [0.3, 0.4) is 0 Å². The Morgan fingerprint density at radius 1 is 1.38 bits per heavy atom. The van der Waals surface area contributed by atoms with E-state index in [1.165, 1.54) is 39.5 Å². The summed E-state index contributed by atoms with van der Waals surface area (Å²) in [5, 5.41) is 12.6. The highest BCUT2D eigenvalue weighted by Crippen LogP contribution is 2.49. The van der Waals surface area contributed by atoms with Crippen molar-refractivity contribution in [2.45, 2.75) is 58.1 Å². The highest BCUT2D eigenvalue weighted by atomic mass is 16.3. The highest BCUT2D eigenvalue weighted by molar-refractivity contribution is 5.84. The molecule has 0 aromatic carbocycles. The quantitative estimate of drug-likeness (QED) is 0.768. The Hall–Kier alpha value is -0.570. The van der Waals surface area contributed by atoms with Crippen LogP contribution >= 0.6 is 0 Å². The molecular formula is C13H23NO2. The Morgan fingerprint density at radius 2 is 2.06 bits per heavy atom. The van der Waals surface area contributed by atoms with Crippen molar-refractivity contribution in [2.24, 2.45) is 17.8 Å². The van der Waals surface area contributed by atoms with Crippen molar-refractivity contribution in [3.8, 4) is 0 Å². The van der Waals surface area contributed by atoms with Crippen molar-refractivity contribution in [3.63, 3.8) is 0 Å². The van der Waals surface area contributed by atoms with Gasteiger partial charge in [-0.15, -0.1) is 0 Å². The SMILES string of the molecule is CC(NC(=O)C(C)(C)O)C1CC2CCC1C2. The lowest BCUT2D eigenvalue weighted by Crippen LogP contribution is -2.48. The third-order valence-electron chi connectivity index (χ3n) is 4.35. The number of hydrogen-bond donors (Lipinski definition) is 2. The van der Waals surface area contributed by atoms with Gasteiger partial charge < -0.3 is 10.4 Å². The van der Waals surface area contributed by atoms with Crippen LogP contribution in [-0.2, 0) is 4.79 Å². The maximum absolute atomic E-state index is 11.7. The number of hydrogen-bond acceptors (Lipinski definition) is 2. The lowest BCUT2D eigenvalue weighted by Gasteiger charge is -2.30. The normalized spacial score (nSPS) is 35.1. The minimum absolute atomic E-state index is 0.203. The van der Waals surface area contributed by atoms with Gasteiger partial charge >= 0.3 is 0 Å². The summed E-state index contributed by atoms with van der Waals surface area (Å²) in [6.07, 6.45) is 5.33. The van der Waals surface area contributed by atoms with E-state index >= 15 is 0 Å². The molecule has 0 radical (unpaired) electrons. The first-order valence-electron chi connectivity index (χ1n) is 6.41. The van der Waals surface area contributed by atoms with Crippen LogP contribution in [0.5, 0.6) is 0 Å². The number of rotatable bonds is 3. The minimum atomic E-state index is -1.26. The van der Waals surface area contributed by atoms with Crippen molar-refractivity contribution >= 4 is 5.91 Å². The average molecular weight is 225 g/mol. The molecule has 0 aromatic rings. The van der Waals surface area contributed by atoms with Crippen molar-refractivity contribution in [2.75, 3.05) is 0 Å². The van der Waals surface area contributed by atoms with Crippen molar-refractivity contribution in [1.82, 2.24) is 5.32 Å². The molecule has 0 spiro atoms. The zero-order valence-electron chi connectivity index (χ0n) is 10.5. The van der Waals surface area contributed by atoms with E-state index in [-0.39, 0.29) is 11.9 Å². The van der Waals surface area contributed by atoms with Crippen LogP contribution < -0.4 is 5.32 Å². The second kappa shape index (κ2) is 4.02. The van der Waals surface area contributed by atoms with E-state index < -0.39 is 5.60 Å². The van der Waals surface area contributed by atoms with Crippen molar-refractivity contribution in [1.29, 1.82) is 0 Å². The molecule has 4 unspecified atom stereocenters. The number of carbonyl (C=O) groups excluding carboxylic acids is 1. The average Bonchev–Trinajstić information content (AvgIpc) is 2.76. The molecule has 92 valence electrons. The number of fused-ring (bicyclic) bond motifs is 2.